The summed E-state index contributed by atoms with van der Waals surface area (Å²) in [5.74, 6) is 0. The van der Waals surface area contributed by atoms with Crippen molar-refractivity contribution >= 4 is 29.5 Å². The largest absolute Gasteiger partial charge is 0.310 e. The second kappa shape index (κ2) is 6.02. The molecule has 0 aliphatic heterocycles. The van der Waals surface area contributed by atoms with E-state index in [0.29, 0.717) is 16.6 Å². The molecule has 0 saturated heterocycles. The Balaban J connectivity index is 2.43. The molecule has 0 aromatic heterocycles. The van der Waals surface area contributed by atoms with Gasteiger partial charge in [0.05, 0.1) is 16.6 Å². The van der Waals surface area contributed by atoms with E-state index < -0.39 is 0 Å². The highest BCUT2D eigenvalue weighted by atomic mass is 35.5. The van der Waals surface area contributed by atoms with Gasteiger partial charge in [0.25, 0.3) is 0 Å². The number of benzene rings is 1. The fourth-order valence-electron chi connectivity index (χ4n) is 1.09. The molecule has 0 fully saturated rings. The average molecular weight is 232 g/mol. The van der Waals surface area contributed by atoms with Crippen molar-refractivity contribution in [2.75, 3.05) is 13.1 Å². The number of nitrogens with one attached hydrogen (secondary N) is 1. The van der Waals surface area contributed by atoms with Gasteiger partial charge in [-0.3, -0.25) is 0 Å². The quantitative estimate of drug-likeness (QED) is 0.623. The fourth-order valence-corrected chi connectivity index (χ4v) is 1.41. The minimum absolute atomic E-state index is 0.390. The summed E-state index contributed by atoms with van der Waals surface area (Å²) in [6, 6.07) is 5.54. The Kier molecular flexibility index (Phi) is 4.94. The SMILES string of the molecule is O=CCNCCc1ccc(Cl)c(Cl)c1. The molecule has 0 atom stereocenters. The first-order chi connectivity index (χ1) is 6.74. The molecular weight excluding hydrogens is 221 g/mol. The van der Waals surface area contributed by atoms with Gasteiger partial charge in [0.15, 0.2) is 0 Å². The van der Waals surface area contributed by atoms with Gasteiger partial charge < -0.3 is 10.1 Å². The molecule has 1 rings (SSSR count). The summed E-state index contributed by atoms with van der Waals surface area (Å²) in [5.41, 5.74) is 1.11. The first kappa shape index (κ1) is 11.5. The maximum absolute atomic E-state index is 10.0. The molecule has 1 aromatic rings. The first-order valence-electron chi connectivity index (χ1n) is 4.32. The lowest BCUT2D eigenvalue weighted by Gasteiger charge is -2.03. The van der Waals surface area contributed by atoms with Crippen LogP contribution < -0.4 is 5.32 Å². The van der Waals surface area contributed by atoms with Crippen LogP contribution in [0.5, 0.6) is 0 Å². The molecule has 0 saturated carbocycles. The summed E-state index contributed by atoms with van der Waals surface area (Å²) >= 11 is 11.6. The number of carbonyl (C=O) groups excluding carboxylic acids is 1. The lowest BCUT2D eigenvalue weighted by atomic mass is 10.1. The van der Waals surface area contributed by atoms with Gasteiger partial charge in [-0.2, -0.15) is 0 Å². The number of hydrogen-bond donors (Lipinski definition) is 1. The van der Waals surface area contributed by atoms with Gasteiger partial charge in [0.1, 0.15) is 6.29 Å². The maximum atomic E-state index is 10.0. The van der Waals surface area contributed by atoms with Crippen LogP contribution in [0.15, 0.2) is 18.2 Å². The highest BCUT2D eigenvalue weighted by Gasteiger charge is 1.98. The number of hydrogen-bond acceptors (Lipinski definition) is 2. The van der Waals surface area contributed by atoms with E-state index in [4.69, 9.17) is 23.2 Å². The fraction of sp³-hybridized carbons (Fsp3) is 0.300. The van der Waals surface area contributed by atoms with Gasteiger partial charge in [0, 0.05) is 0 Å². The zero-order chi connectivity index (χ0) is 10.4. The van der Waals surface area contributed by atoms with E-state index in [9.17, 15) is 4.79 Å². The Bertz CT molecular complexity index is 315. The standard InChI is InChI=1S/C10H11Cl2NO/c11-9-2-1-8(7-10(9)12)3-4-13-5-6-14/h1-2,6-7,13H,3-5H2. The molecule has 0 spiro atoms. The van der Waals surface area contributed by atoms with E-state index in [2.05, 4.69) is 5.32 Å². The lowest BCUT2D eigenvalue weighted by molar-refractivity contribution is -0.107. The van der Waals surface area contributed by atoms with E-state index in [1.54, 1.807) is 6.07 Å². The monoisotopic (exact) mass is 231 g/mol. The summed E-state index contributed by atoms with van der Waals surface area (Å²) in [5, 5.41) is 4.11. The topological polar surface area (TPSA) is 29.1 Å². The lowest BCUT2D eigenvalue weighted by Crippen LogP contribution is -2.19. The van der Waals surface area contributed by atoms with Crippen molar-refractivity contribution in [3.8, 4) is 0 Å². The Morgan fingerprint density at radius 1 is 1.29 bits per heavy atom. The van der Waals surface area contributed by atoms with Crippen molar-refractivity contribution < 1.29 is 4.79 Å². The predicted molar refractivity (Wildman–Crippen MR) is 59.1 cm³/mol. The van der Waals surface area contributed by atoms with Crippen LogP contribution in [0.4, 0.5) is 0 Å². The van der Waals surface area contributed by atoms with Crippen LogP contribution in [0.2, 0.25) is 10.0 Å². The number of rotatable bonds is 5. The second-order valence-electron chi connectivity index (χ2n) is 2.87. The van der Waals surface area contributed by atoms with E-state index in [1.165, 1.54) is 0 Å². The minimum atomic E-state index is 0.390. The summed E-state index contributed by atoms with van der Waals surface area (Å²) in [4.78, 5) is 10.0. The van der Waals surface area contributed by atoms with E-state index >= 15 is 0 Å². The summed E-state index contributed by atoms with van der Waals surface area (Å²) in [6.07, 6.45) is 1.68. The third kappa shape index (κ3) is 3.66. The van der Waals surface area contributed by atoms with Crippen LogP contribution in [-0.2, 0) is 11.2 Å². The normalized spacial score (nSPS) is 10.1. The van der Waals surface area contributed by atoms with Crippen LogP contribution in [-0.4, -0.2) is 19.4 Å². The highest BCUT2D eigenvalue weighted by Crippen LogP contribution is 2.22. The number of aldehydes is 1. The van der Waals surface area contributed by atoms with Crippen LogP contribution in [0.25, 0.3) is 0 Å². The van der Waals surface area contributed by atoms with Crippen molar-refractivity contribution in [3.05, 3.63) is 33.8 Å². The molecular formula is C10H11Cl2NO. The third-order valence-electron chi connectivity index (χ3n) is 1.80. The van der Waals surface area contributed by atoms with E-state index in [0.717, 1.165) is 24.8 Å². The average Bonchev–Trinajstić information content (AvgIpc) is 2.18. The van der Waals surface area contributed by atoms with Gasteiger partial charge in [-0.05, 0) is 30.7 Å². The molecule has 14 heavy (non-hydrogen) atoms. The van der Waals surface area contributed by atoms with Crippen LogP contribution in [0, 0.1) is 0 Å². The maximum Gasteiger partial charge on any atom is 0.133 e. The number of halogens is 2. The molecule has 0 heterocycles. The van der Waals surface area contributed by atoms with Gasteiger partial charge in [-0.25, -0.2) is 0 Å². The van der Waals surface area contributed by atoms with Gasteiger partial charge in [-0.1, -0.05) is 29.3 Å². The van der Waals surface area contributed by atoms with Gasteiger partial charge in [0.2, 0.25) is 0 Å². The molecule has 0 amide bonds. The van der Waals surface area contributed by atoms with E-state index in [1.807, 2.05) is 12.1 Å². The Hall–Kier alpha value is -0.570. The Morgan fingerprint density at radius 2 is 2.07 bits per heavy atom. The molecule has 0 bridgehead atoms. The molecule has 0 aliphatic carbocycles. The molecule has 4 heteroatoms. The van der Waals surface area contributed by atoms with Crippen LogP contribution in [0.3, 0.4) is 0 Å². The third-order valence-corrected chi connectivity index (χ3v) is 2.54. The molecule has 76 valence electrons. The highest BCUT2D eigenvalue weighted by molar-refractivity contribution is 6.42. The van der Waals surface area contributed by atoms with Crippen LogP contribution >= 0.6 is 23.2 Å². The molecule has 2 nitrogen and oxygen atoms in total. The molecule has 0 radical (unpaired) electrons. The summed E-state index contributed by atoms with van der Waals surface area (Å²) in [7, 11) is 0. The van der Waals surface area contributed by atoms with Crippen molar-refractivity contribution in [1.82, 2.24) is 5.32 Å². The zero-order valence-corrected chi connectivity index (χ0v) is 9.11. The van der Waals surface area contributed by atoms with Gasteiger partial charge >= 0.3 is 0 Å². The Labute approximate surface area is 93.2 Å². The zero-order valence-electron chi connectivity index (χ0n) is 7.59. The van der Waals surface area contributed by atoms with Crippen molar-refractivity contribution in [2.45, 2.75) is 6.42 Å². The van der Waals surface area contributed by atoms with Crippen LogP contribution in [0.1, 0.15) is 5.56 Å². The first-order valence-corrected chi connectivity index (χ1v) is 5.08. The summed E-state index contributed by atoms with van der Waals surface area (Å²) in [6.45, 7) is 1.15. The Morgan fingerprint density at radius 3 is 2.71 bits per heavy atom. The van der Waals surface area contributed by atoms with Crippen molar-refractivity contribution in [2.24, 2.45) is 0 Å². The second-order valence-corrected chi connectivity index (χ2v) is 3.68. The molecule has 0 unspecified atom stereocenters. The predicted octanol–water partition coefficient (Wildman–Crippen LogP) is 2.32. The summed E-state index contributed by atoms with van der Waals surface area (Å²) < 4.78 is 0. The smallest absolute Gasteiger partial charge is 0.133 e. The van der Waals surface area contributed by atoms with Crippen molar-refractivity contribution in [3.63, 3.8) is 0 Å². The molecule has 1 aromatic carbocycles. The van der Waals surface area contributed by atoms with E-state index in [-0.39, 0.29) is 0 Å². The minimum Gasteiger partial charge on any atom is -0.310 e. The molecule has 0 aliphatic rings. The van der Waals surface area contributed by atoms with Gasteiger partial charge in [-0.15, -0.1) is 0 Å². The number of carbonyl (C=O) groups is 1. The molecule has 1 N–H and O–H groups in total. The van der Waals surface area contributed by atoms with Crippen molar-refractivity contribution in [1.29, 1.82) is 0 Å².